The summed E-state index contributed by atoms with van der Waals surface area (Å²) in [6.45, 7) is 3.35. The van der Waals surface area contributed by atoms with Gasteiger partial charge in [-0.3, -0.25) is 14.3 Å². The topological polar surface area (TPSA) is 89.4 Å². The monoisotopic (exact) mass is 457 g/mol. The van der Waals surface area contributed by atoms with Gasteiger partial charge in [0.2, 0.25) is 5.91 Å². The van der Waals surface area contributed by atoms with E-state index in [4.69, 9.17) is 16.3 Å². The van der Waals surface area contributed by atoms with Gasteiger partial charge in [-0.25, -0.2) is 4.79 Å². The van der Waals surface area contributed by atoms with E-state index in [0.29, 0.717) is 35.7 Å². The van der Waals surface area contributed by atoms with Crippen molar-refractivity contribution in [2.24, 2.45) is 0 Å². The number of rotatable bonds is 7. The molecule has 3 amide bonds. The Morgan fingerprint density at radius 1 is 1.23 bits per heavy atom. The van der Waals surface area contributed by atoms with Crippen LogP contribution < -0.4 is 10.1 Å². The first-order chi connectivity index (χ1) is 15.1. The third-order valence-corrected chi connectivity index (χ3v) is 5.75. The standard InChI is InChI=1S/C21H20ClN5O3S/c1-2-30-17-8-6-16(7-9-17)27-19(14-4-3-5-15(22)12-14)24-25-21(27)31-13-18(28)26-11-10-23-20(26)29/h3-9,12H,2,10-11,13H2,1H3,(H,23,29). The smallest absolute Gasteiger partial charge is 0.324 e. The molecule has 10 heteroatoms. The molecule has 2 aromatic carbocycles. The molecule has 4 rings (SSSR count). The predicted octanol–water partition coefficient (Wildman–Crippen LogP) is 3.63. The number of urea groups is 1. The van der Waals surface area contributed by atoms with Gasteiger partial charge >= 0.3 is 6.03 Å². The van der Waals surface area contributed by atoms with Crippen LogP contribution in [0.5, 0.6) is 5.75 Å². The van der Waals surface area contributed by atoms with Gasteiger partial charge < -0.3 is 10.1 Å². The largest absolute Gasteiger partial charge is 0.494 e. The summed E-state index contributed by atoms with van der Waals surface area (Å²) in [5.74, 6) is 1.15. The molecule has 31 heavy (non-hydrogen) atoms. The van der Waals surface area contributed by atoms with Crippen LogP contribution in [0.4, 0.5) is 4.79 Å². The lowest BCUT2D eigenvalue weighted by molar-refractivity contribution is -0.124. The lowest BCUT2D eigenvalue weighted by atomic mass is 10.2. The number of hydrogen-bond donors (Lipinski definition) is 1. The van der Waals surface area contributed by atoms with Crippen molar-refractivity contribution in [1.82, 2.24) is 25.0 Å². The molecule has 160 valence electrons. The molecule has 1 aliphatic heterocycles. The van der Waals surface area contributed by atoms with Crippen LogP contribution in [-0.4, -0.2) is 57.1 Å². The molecule has 1 N–H and O–H groups in total. The van der Waals surface area contributed by atoms with Gasteiger partial charge in [-0.15, -0.1) is 10.2 Å². The molecule has 0 spiro atoms. The Balaban J connectivity index is 1.66. The minimum Gasteiger partial charge on any atom is -0.494 e. The van der Waals surface area contributed by atoms with E-state index >= 15 is 0 Å². The van der Waals surface area contributed by atoms with Gasteiger partial charge in [0.1, 0.15) is 5.75 Å². The van der Waals surface area contributed by atoms with Gasteiger partial charge in [-0.1, -0.05) is 35.5 Å². The maximum Gasteiger partial charge on any atom is 0.324 e. The van der Waals surface area contributed by atoms with Crippen LogP contribution in [0.25, 0.3) is 17.1 Å². The molecule has 1 aromatic heterocycles. The van der Waals surface area contributed by atoms with E-state index in [1.54, 1.807) is 6.07 Å². The molecule has 3 aromatic rings. The van der Waals surface area contributed by atoms with Gasteiger partial charge in [0.05, 0.1) is 12.4 Å². The highest BCUT2D eigenvalue weighted by Gasteiger charge is 2.27. The van der Waals surface area contributed by atoms with Crippen molar-refractivity contribution in [1.29, 1.82) is 0 Å². The lowest BCUT2D eigenvalue weighted by Crippen LogP contribution is -2.35. The van der Waals surface area contributed by atoms with Crippen LogP contribution in [-0.2, 0) is 4.79 Å². The SMILES string of the molecule is CCOc1ccc(-n2c(SCC(=O)N3CCNC3=O)nnc2-c2cccc(Cl)c2)cc1. The van der Waals surface area contributed by atoms with Crippen molar-refractivity contribution in [2.45, 2.75) is 12.1 Å². The van der Waals surface area contributed by atoms with E-state index in [1.165, 1.54) is 16.7 Å². The predicted molar refractivity (Wildman–Crippen MR) is 119 cm³/mol. The molecule has 0 bridgehead atoms. The van der Waals surface area contributed by atoms with Crippen molar-refractivity contribution in [2.75, 3.05) is 25.4 Å². The summed E-state index contributed by atoms with van der Waals surface area (Å²) >= 11 is 7.40. The maximum atomic E-state index is 12.5. The second-order valence-electron chi connectivity index (χ2n) is 6.64. The Hall–Kier alpha value is -3.04. The summed E-state index contributed by atoms with van der Waals surface area (Å²) in [5.41, 5.74) is 1.61. The van der Waals surface area contributed by atoms with E-state index in [0.717, 1.165) is 17.0 Å². The number of nitrogens with one attached hydrogen (secondary N) is 1. The average molecular weight is 458 g/mol. The number of nitrogens with zero attached hydrogens (tertiary/aromatic N) is 4. The number of carbonyl (C=O) groups excluding carboxylic acids is 2. The van der Waals surface area contributed by atoms with Crippen LogP contribution in [0.3, 0.4) is 0 Å². The van der Waals surface area contributed by atoms with Crippen LogP contribution in [0.2, 0.25) is 5.02 Å². The molecule has 0 unspecified atom stereocenters. The summed E-state index contributed by atoms with van der Waals surface area (Å²) in [7, 11) is 0. The summed E-state index contributed by atoms with van der Waals surface area (Å²) in [5, 5.41) is 12.4. The number of halogens is 1. The Kier molecular flexibility index (Phi) is 6.43. The molecule has 0 atom stereocenters. The molecule has 1 saturated heterocycles. The van der Waals surface area contributed by atoms with E-state index in [2.05, 4.69) is 15.5 Å². The molecule has 0 radical (unpaired) electrons. The van der Waals surface area contributed by atoms with Crippen molar-refractivity contribution < 1.29 is 14.3 Å². The normalized spacial score (nSPS) is 13.4. The minimum atomic E-state index is -0.363. The summed E-state index contributed by atoms with van der Waals surface area (Å²) < 4.78 is 7.40. The minimum absolute atomic E-state index is 0.0676. The number of carbonyl (C=O) groups is 2. The zero-order chi connectivity index (χ0) is 21.8. The van der Waals surface area contributed by atoms with Gasteiger partial charge in [-0.2, -0.15) is 0 Å². The fraction of sp³-hybridized carbons (Fsp3) is 0.238. The Morgan fingerprint density at radius 3 is 2.71 bits per heavy atom. The van der Waals surface area contributed by atoms with Gasteiger partial charge in [0.15, 0.2) is 11.0 Å². The summed E-state index contributed by atoms with van der Waals surface area (Å²) in [6, 6.07) is 14.5. The van der Waals surface area contributed by atoms with E-state index in [-0.39, 0.29) is 17.7 Å². The van der Waals surface area contributed by atoms with Gasteiger partial charge in [0.25, 0.3) is 0 Å². The van der Waals surface area contributed by atoms with E-state index in [1.807, 2.05) is 54.0 Å². The van der Waals surface area contributed by atoms with Crippen LogP contribution in [0, 0.1) is 0 Å². The van der Waals surface area contributed by atoms with Crippen LogP contribution in [0.15, 0.2) is 53.7 Å². The molecule has 2 heterocycles. The molecular formula is C21H20ClN5O3S. The Bertz CT molecular complexity index is 1100. The fourth-order valence-electron chi connectivity index (χ4n) is 3.18. The van der Waals surface area contributed by atoms with Crippen molar-refractivity contribution in [3.8, 4) is 22.8 Å². The molecule has 1 aliphatic rings. The summed E-state index contributed by atoms with van der Waals surface area (Å²) in [6.07, 6.45) is 0. The quantitative estimate of drug-likeness (QED) is 0.545. The number of ether oxygens (including phenoxy) is 1. The number of imide groups is 1. The maximum absolute atomic E-state index is 12.5. The van der Waals surface area contributed by atoms with Crippen LogP contribution >= 0.6 is 23.4 Å². The first-order valence-corrected chi connectivity index (χ1v) is 11.1. The van der Waals surface area contributed by atoms with Gasteiger partial charge in [-0.05, 0) is 43.3 Å². The number of thioether (sulfide) groups is 1. The second kappa shape index (κ2) is 9.40. The Labute approximate surface area is 188 Å². The first-order valence-electron chi connectivity index (χ1n) is 9.72. The zero-order valence-electron chi connectivity index (χ0n) is 16.7. The van der Waals surface area contributed by atoms with Crippen LogP contribution in [0.1, 0.15) is 6.92 Å². The lowest BCUT2D eigenvalue weighted by Gasteiger charge is -2.13. The highest BCUT2D eigenvalue weighted by Crippen LogP contribution is 2.30. The number of amides is 3. The van der Waals surface area contributed by atoms with Crippen molar-refractivity contribution in [3.63, 3.8) is 0 Å². The number of hydrogen-bond acceptors (Lipinski definition) is 6. The third kappa shape index (κ3) is 4.67. The van der Waals surface area contributed by atoms with E-state index in [9.17, 15) is 9.59 Å². The first kappa shape index (κ1) is 21.2. The number of benzene rings is 2. The van der Waals surface area contributed by atoms with Crippen molar-refractivity contribution in [3.05, 3.63) is 53.6 Å². The van der Waals surface area contributed by atoms with Gasteiger partial charge in [0, 0.05) is 29.4 Å². The van der Waals surface area contributed by atoms with Crippen molar-refractivity contribution >= 4 is 35.3 Å². The average Bonchev–Trinajstić information content (AvgIpc) is 3.39. The zero-order valence-corrected chi connectivity index (χ0v) is 18.3. The fourth-order valence-corrected chi connectivity index (χ4v) is 4.20. The summed E-state index contributed by atoms with van der Waals surface area (Å²) in [4.78, 5) is 25.4. The number of aromatic nitrogens is 3. The highest BCUT2D eigenvalue weighted by atomic mass is 35.5. The molecule has 8 nitrogen and oxygen atoms in total. The molecular weight excluding hydrogens is 438 g/mol. The van der Waals surface area contributed by atoms with E-state index < -0.39 is 0 Å². The molecule has 0 saturated carbocycles. The highest BCUT2D eigenvalue weighted by molar-refractivity contribution is 7.99. The Morgan fingerprint density at radius 2 is 2.03 bits per heavy atom. The third-order valence-electron chi connectivity index (χ3n) is 4.60. The second-order valence-corrected chi connectivity index (χ2v) is 8.02. The molecule has 0 aliphatic carbocycles. The molecule has 1 fully saturated rings.